The van der Waals surface area contributed by atoms with Crippen LogP contribution in [-0.2, 0) is 32.6 Å². The molecule has 2 unspecified atom stereocenters. The fraction of sp³-hybridized carbons (Fsp3) is 0.571. The number of carbonyl (C=O) groups excluding carboxylic acids is 4. The standard InChI is InChI=1S/C28H41N5O5/c1-28(2,3)38-27(37)30-16-9-7-12-21-26(36)32-22(25(35)29-15-10-8-14-24(34)31-21)17-19-18-33(4)23-13-6-5-11-20(19)23/h5-6,11,13,18,21-22H,7-10,12,14-17H2,1-4H3,(H,29,35)(H,30,37)(H,31,34)(H,32,36). The van der Waals surface area contributed by atoms with Crippen LogP contribution in [0.3, 0.4) is 0 Å². The van der Waals surface area contributed by atoms with Gasteiger partial charge in [-0.05, 0) is 64.5 Å². The molecule has 10 nitrogen and oxygen atoms in total. The Labute approximate surface area is 224 Å². The first-order chi connectivity index (χ1) is 18.0. The molecule has 0 aliphatic carbocycles. The van der Waals surface area contributed by atoms with Crippen LogP contribution in [0.5, 0.6) is 0 Å². The molecular weight excluding hydrogens is 486 g/mol. The molecule has 208 valence electrons. The van der Waals surface area contributed by atoms with Crippen molar-refractivity contribution >= 4 is 34.7 Å². The highest BCUT2D eigenvalue weighted by molar-refractivity contribution is 5.93. The maximum Gasteiger partial charge on any atom is 0.407 e. The van der Waals surface area contributed by atoms with Gasteiger partial charge in [-0.25, -0.2) is 4.79 Å². The molecule has 38 heavy (non-hydrogen) atoms. The first kappa shape index (κ1) is 29.0. The van der Waals surface area contributed by atoms with Crippen LogP contribution in [-0.4, -0.2) is 59.2 Å². The molecule has 2 atom stereocenters. The van der Waals surface area contributed by atoms with E-state index in [0.717, 1.165) is 16.5 Å². The Kier molecular flexibility index (Phi) is 10.2. The van der Waals surface area contributed by atoms with Crippen molar-refractivity contribution in [2.75, 3.05) is 13.1 Å². The van der Waals surface area contributed by atoms with Crippen molar-refractivity contribution in [1.82, 2.24) is 25.8 Å². The second-order valence-corrected chi connectivity index (χ2v) is 10.8. The van der Waals surface area contributed by atoms with Gasteiger partial charge in [-0.15, -0.1) is 0 Å². The Morgan fingerprint density at radius 3 is 2.58 bits per heavy atom. The van der Waals surface area contributed by atoms with Crippen LogP contribution in [0.1, 0.15) is 64.9 Å². The molecule has 0 spiro atoms. The third kappa shape index (κ3) is 8.78. The predicted octanol–water partition coefficient (Wildman–Crippen LogP) is 2.69. The van der Waals surface area contributed by atoms with Gasteiger partial charge in [-0.2, -0.15) is 0 Å². The molecule has 1 saturated heterocycles. The van der Waals surface area contributed by atoms with E-state index in [-0.39, 0.29) is 17.7 Å². The van der Waals surface area contributed by atoms with Gasteiger partial charge >= 0.3 is 6.09 Å². The van der Waals surface area contributed by atoms with E-state index >= 15 is 0 Å². The van der Waals surface area contributed by atoms with Crippen molar-refractivity contribution in [2.45, 2.75) is 83.4 Å². The number of para-hydroxylation sites is 1. The van der Waals surface area contributed by atoms with Crippen LogP contribution in [0, 0.1) is 0 Å². The number of hydrogen-bond donors (Lipinski definition) is 4. The molecule has 0 radical (unpaired) electrons. The van der Waals surface area contributed by atoms with Gasteiger partial charge in [-0.3, -0.25) is 14.4 Å². The van der Waals surface area contributed by atoms with E-state index in [1.165, 1.54) is 0 Å². The molecule has 2 aromatic rings. The Bertz CT molecular complexity index is 1140. The van der Waals surface area contributed by atoms with E-state index in [9.17, 15) is 19.2 Å². The first-order valence-electron chi connectivity index (χ1n) is 13.4. The van der Waals surface area contributed by atoms with E-state index in [1.807, 2.05) is 42.1 Å². The number of benzene rings is 1. The van der Waals surface area contributed by atoms with Gasteiger partial charge in [-0.1, -0.05) is 18.2 Å². The van der Waals surface area contributed by atoms with Crippen LogP contribution in [0.2, 0.25) is 0 Å². The Morgan fingerprint density at radius 1 is 1.05 bits per heavy atom. The second-order valence-electron chi connectivity index (χ2n) is 10.8. The fourth-order valence-electron chi connectivity index (χ4n) is 4.55. The zero-order chi connectivity index (χ0) is 27.7. The third-order valence-corrected chi connectivity index (χ3v) is 6.41. The normalized spacial score (nSPS) is 19.5. The summed E-state index contributed by atoms with van der Waals surface area (Å²) in [7, 11) is 1.95. The highest BCUT2D eigenvalue weighted by atomic mass is 16.6. The minimum Gasteiger partial charge on any atom is -0.444 e. The number of aryl methyl sites for hydroxylation is 1. The van der Waals surface area contributed by atoms with E-state index < -0.39 is 23.8 Å². The molecule has 1 aromatic heterocycles. The van der Waals surface area contributed by atoms with Crippen molar-refractivity contribution in [3.8, 4) is 0 Å². The predicted molar refractivity (Wildman–Crippen MR) is 145 cm³/mol. The summed E-state index contributed by atoms with van der Waals surface area (Å²) < 4.78 is 7.24. The summed E-state index contributed by atoms with van der Waals surface area (Å²) in [6, 6.07) is 6.39. The van der Waals surface area contributed by atoms with Crippen molar-refractivity contribution in [1.29, 1.82) is 0 Å². The van der Waals surface area contributed by atoms with E-state index in [2.05, 4.69) is 21.3 Å². The molecule has 3 rings (SSSR count). The molecule has 10 heteroatoms. The summed E-state index contributed by atoms with van der Waals surface area (Å²) >= 11 is 0. The average molecular weight is 528 g/mol. The van der Waals surface area contributed by atoms with Crippen LogP contribution in [0.15, 0.2) is 30.5 Å². The topological polar surface area (TPSA) is 131 Å². The van der Waals surface area contributed by atoms with Gasteiger partial charge < -0.3 is 30.6 Å². The zero-order valence-electron chi connectivity index (χ0n) is 22.9. The van der Waals surface area contributed by atoms with Crippen LogP contribution in [0.25, 0.3) is 10.9 Å². The maximum atomic E-state index is 13.3. The number of unbranched alkanes of at least 4 members (excludes halogenated alkanes) is 1. The van der Waals surface area contributed by atoms with E-state index in [0.29, 0.717) is 58.0 Å². The minimum atomic E-state index is -0.777. The summed E-state index contributed by atoms with van der Waals surface area (Å²) in [5.74, 6) is -0.813. The molecule has 4 N–H and O–H groups in total. The quantitative estimate of drug-likeness (QED) is 0.411. The first-order valence-corrected chi connectivity index (χ1v) is 13.4. The van der Waals surface area contributed by atoms with E-state index in [4.69, 9.17) is 4.74 Å². The van der Waals surface area contributed by atoms with Crippen LogP contribution >= 0.6 is 0 Å². The number of aromatic nitrogens is 1. The zero-order valence-corrected chi connectivity index (χ0v) is 22.9. The lowest BCUT2D eigenvalue weighted by molar-refractivity contribution is -0.132. The number of carbonyl (C=O) groups is 4. The SMILES string of the molecule is Cn1cc(CC2NC(=O)C(CCCCNC(=O)OC(C)(C)C)NC(=O)CCCCNC2=O)c2ccccc21. The van der Waals surface area contributed by atoms with Gasteiger partial charge in [0.1, 0.15) is 17.7 Å². The Morgan fingerprint density at radius 2 is 1.82 bits per heavy atom. The highest BCUT2D eigenvalue weighted by Gasteiger charge is 2.28. The monoisotopic (exact) mass is 527 g/mol. The Balaban J connectivity index is 1.66. The van der Waals surface area contributed by atoms with Gasteiger partial charge in [0.25, 0.3) is 0 Å². The molecule has 1 aromatic carbocycles. The summed E-state index contributed by atoms with van der Waals surface area (Å²) in [5.41, 5.74) is 1.44. The maximum absolute atomic E-state index is 13.3. The lowest BCUT2D eigenvalue weighted by Gasteiger charge is -2.24. The molecule has 0 saturated carbocycles. The number of ether oxygens (including phenoxy) is 1. The second kappa shape index (κ2) is 13.3. The smallest absolute Gasteiger partial charge is 0.407 e. The molecule has 4 amide bonds. The number of hydrogen-bond acceptors (Lipinski definition) is 5. The van der Waals surface area contributed by atoms with E-state index in [1.54, 1.807) is 20.8 Å². The summed E-state index contributed by atoms with van der Waals surface area (Å²) in [6.07, 6.45) is 5.00. The van der Waals surface area contributed by atoms with Crippen molar-refractivity contribution in [3.63, 3.8) is 0 Å². The van der Waals surface area contributed by atoms with Crippen molar-refractivity contribution < 1.29 is 23.9 Å². The lowest BCUT2D eigenvalue weighted by Crippen LogP contribution is -2.54. The Hall–Kier alpha value is -3.56. The van der Waals surface area contributed by atoms with Gasteiger partial charge in [0.15, 0.2) is 0 Å². The highest BCUT2D eigenvalue weighted by Crippen LogP contribution is 2.22. The van der Waals surface area contributed by atoms with Crippen molar-refractivity contribution in [3.05, 3.63) is 36.0 Å². The van der Waals surface area contributed by atoms with Crippen LogP contribution < -0.4 is 21.3 Å². The number of nitrogens with zero attached hydrogens (tertiary/aromatic N) is 1. The van der Waals surface area contributed by atoms with Crippen molar-refractivity contribution in [2.24, 2.45) is 7.05 Å². The largest absolute Gasteiger partial charge is 0.444 e. The summed E-state index contributed by atoms with van der Waals surface area (Å²) in [6.45, 7) is 6.23. The summed E-state index contributed by atoms with van der Waals surface area (Å²) in [5, 5.41) is 12.4. The fourth-order valence-corrected chi connectivity index (χ4v) is 4.55. The molecular formula is C28H41N5O5. The molecule has 1 fully saturated rings. The average Bonchev–Trinajstić information content (AvgIpc) is 3.15. The molecule has 1 aliphatic rings. The molecule has 0 bridgehead atoms. The molecule has 1 aliphatic heterocycles. The summed E-state index contributed by atoms with van der Waals surface area (Å²) in [4.78, 5) is 50.7. The van der Waals surface area contributed by atoms with Gasteiger partial charge in [0.2, 0.25) is 17.7 Å². The van der Waals surface area contributed by atoms with Crippen LogP contribution in [0.4, 0.5) is 4.79 Å². The van der Waals surface area contributed by atoms with Gasteiger partial charge in [0.05, 0.1) is 0 Å². The van der Waals surface area contributed by atoms with Gasteiger partial charge in [0, 0.05) is 50.1 Å². The number of amides is 4. The molecule has 2 heterocycles. The lowest BCUT2D eigenvalue weighted by atomic mass is 10.0. The number of nitrogens with one attached hydrogen (secondary N) is 4. The minimum absolute atomic E-state index is 0.186. The number of alkyl carbamates (subject to hydrolysis) is 1. The third-order valence-electron chi connectivity index (χ3n) is 6.41. The number of rotatable bonds is 7. The number of fused-ring (bicyclic) bond motifs is 1.